The molecule has 0 aliphatic rings. The fourth-order valence-electron chi connectivity index (χ4n) is 1.88. The van der Waals surface area contributed by atoms with E-state index < -0.39 is 35.9 Å². The number of amides is 2. The molecule has 0 aliphatic heterocycles. The first-order chi connectivity index (χ1) is 10.7. The molecule has 0 rings (SSSR count). The molecule has 0 fully saturated rings. The lowest BCUT2D eigenvalue weighted by Gasteiger charge is -2.25. The van der Waals surface area contributed by atoms with Crippen molar-refractivity contribution in [3.05, 3.63) is 0 Å². The molecule has 0 saturated heterocycles. The molecular formula is C14H28N4O4S. The standard InChI is InChI=1S/C14H28N4O4S/c1-8(2)11(13(20)17-10(7-23)14(21)22)18-12(19)9(16)5-3-4-6-15/h8-11,23H,3-7,15-16H2,1-2H3,(H,17,20)(H,18,19)(H,21,22)/t9-,10-,11-/m0/s1. The molecular weight excluding hydrogens is 320 g/mol. The maximum absolute atomic E-state index is 12.2. The highest BCUT2D eigenvalue weighted by Gasteiger charge is 2.29. The largest absolute Gasteiger partial charge is 0.480 e. The minimum absolute atomic E-state index is 0.0432. The van der Waals surface area contributed by atoms with E-state index >= 15 is 0 Å². The van der Waals surface area contributed by atoms with Gasteiger partial charge in [-0.3, -0.25) is 9.59 Å². The number of nitrogens with one attached hydrogen (secondary N) is 2. The van der Waals surface area contributed by atoms with Gasteiger partial charge in [0.1, 0.15) is 12.1 Å². The number of rotatable bonds is 11. The van der Waals surface area contributed by atoms with Crippen molar-refractivity contribution in [3.63, 3.8) is 0 Å². The Hall–Kier alpha value is -1.32. The van der Waals surface area contributed by atoms with Crippen molar-refractivity contribution in [3.8, 4) is 0 Å². The van der Waals surface area contributed by atoms with Crippen LogP contribution in [0.4, 0.5) is 0 Å². The molecule has 0 aromatic carbocycles. The van der Waals surface area contributed by atoms with Gasteiger partial charge in [0.05, 0.1) is 6.04 Å². The van der Waals surface area contributed by atoms with E-state index in [1.54, 1.807) is 13.8 Å². The number of unbranched alkanes of at least 4 members (excludes halogenated alkanes) is 1. The van der Waals surface area contributed by atoms with Gasteiger partial charge in [-0.05, 0) is 25.3 Å². The number of hydrogen-bond acceptors (Lipinski definition) is 6. The first-order valence-corrected chi connectivity index (χ1v) is 8.27. The molecule has 7 N–H and O–H groups in total. The summed E-state index contributed by atoms with van der Waals surface area (Å²) in [5.74, 6) is -2.44. The lowest BCUT2D eigenvalue weighted by atomic mass is 10.0. The first-order valence-electron chi connectivity index (χ1n) is 7.64. The molecule has 8 nitrogen and oxygen atoms in total. The van der Waals surface area contributed by atoms with E-state index in [4.69, 9.17) is 16.6 Å². The average molecular weight is 348 g/mol. The van der Waals surface area contributed by atoms with Crippen LogP contribution in [0.2, 0.25) is 0 Å². The molecule has 0 aromatic rings. The molecule has 134 valence electrons. The maximum Gasteiger partial charge on any atom is 0.327 e. The third-order valence-corrected chi connectivity index (χ3v) is 3.72. The topological polar surface area (TPSA) is 148 Å². The second kappa shape index (κ2) is 11.3. The fourth-order valence-corrected chi connectivity index (χ4v) is 2.13. The van der Waals surface area contributed by atoms with Crippen LogP contribution in [0.1, 0.15) is 33.1 Å². The summed E-state index contributed by atoms with van der Waals surface area (Å²) in [6, 6.07) is -2.69. The number of thiol groups is 1. The lowest BCUT2D eigenvalue weighted by molar-refractivity contribution is -0.141. The summed E-state index contributed by atoms with van der Waals surface area (Å²) < 4.78 is 0. The fraction of sp³-hybridized carbons (Fsp3) is 0.786. The van der Waals surface area contributed by atoms with Gasteiger partial charge >= 0.3 is 5.97 Å². The highest BCUT2D eigenvalue weighted by Crippen LogP contribution is 2.05. The van der Waals surface area contributed by atoms with Crippen LogP contribution < -0.4 is 22.1 Å². The number of carbonyl (C=O) groups excluding carboxylic acids is 2. The first kappa shape index (κ1) is 21.7. The smallest absolute Gasteiger partial charge is 0.327 e. The van der Waals surface area contributed by atoms with E-state index in [0.717, 1.165) is 12.8 Å². The molecule has 0 bridgehead atoms. The Morgan fingerprint density at radius 1 is 1.13 bits per heavy atom. The second-order valence-electron chi connectivity index (χ2n) is 5.70. The van der Waals surface area contributed by atoms with Gasteiger partial charge in [0.25, 0.3) is 0 Å². The van der Waals surface area contributed by atoms with Gasteiger partial charge in [-0.15, -0.1) is 0 Å². The molecule has 0 unspecified atom stereocenters. The molecule has 0 aliphatic carbocycles. The number of carboxylic acid groups (broad SMARTS) is 1. The van der Waals surface area contributed by atoms with Crippen LogP contribution in [0, 0.1) is 5.92 Å². The summed E-state index contributed by atoms with van der Waals surface area (Å²) in [7, 11) is 0. The minimum Gasteiger partial charge on any atom is -0.480 e. The van der Waals surface area contributed by atoms with Crippen LogP contribution in [0.25, 0.3) is 0 Å². The van der Waals surface area contributed by atoms with Crippen LogP contribution in [0.15, 0.2) is 0 Å². The van der Waals surface area contributed by atoms with Crippen molar-refractivity contribution in [1.29, 1.82) is 0 Å². The highest BCUT2D eigenvalue weighted by atomic mass is 32.1. The van der Waals surface area contributed by atoms with Gasteiger partial charge in [-0.2, -0.15) is 12.6 Å². The summed E-state index contributed by atoms with van der Waals surface area (Å²) in [6.07, 6.45) is 1.98. The van der Waals surface area contributed by atoms with Crippen molar-refractivity contribution in [2.24, 2.45) is 17.4 Å². The number of hydrogen-bond donors (Lipinski definition) is 6. The number of aliphatic carboxylic acids is 1. The van der Waals surface area contributed by atoms with E-state index in [1.807, 2.05) is 0 Å². The number of carboxylic acids is 1. The highest BCUT2D eigenvalue weighted by molar-refractivity contribution is 7.80. The summed E-state index contributed by atoms with van der Waals surface area (Å²) in [5.41, 5.74) is 11.2. The molecule has 3 atom stereocenters. The zero-order valence-electron chi connectivity index (χ0n) is 13.6. The molecule has 0 spiro atoms. The van der Waals surface area contributed by atoms with E-state index in [2.05, 4.69) is 23.3 Å². The summed E-state index contributed by atoms with van der Waals surface area (Å²) in [4.78, 5) is 35.2. The predicted molar refractivity (Wildman–Crippen MR) is 91.1 cm³/mol. The van der Waals surface area contributed by atoms with Gasteiger partial charge in [-0.25, -0.2) is 4.79 Å². The number of nitrogens with two attached hydrogens (primary N) is 2. The van der Waals surface area contributed by atoms with Crippen LogP contribution in [-0.2, 0) is 14.4 Å². The number of carbonyl (C=O) groups is 3. The van der Waals surface area contributed by atoms with Crippen LogP contribution >= 0.6 is 12.6 Å². The monoisotopic (exact) mass is 348 g/mol. The molecule has 0 saturated carbocycles. The Kier molecular flexibility index (Phi) is 10.6. The van der Waals surface area contributed by atoms with Crippen molar-refractivity contribution in [1.82, 2.24) is 10.6 Å². The minimum atomic E-state index is -1.18. The van der Waals surface area contributed by atoms with Crippen molar-refractivity contribution >= 4 is 30.4 Å². The zero-order chi connectivity index (χ0) is 18.0. The Bertz CT molecular complexity index is 406. The molecule has 0 radical (unpaired) electrons. The van der Waals surface area contributed by atoms with Crippen LogP contribution in [0.5, 0.6) is 0 Å². The third-order valence-electron chi connectivity index (χ3n) is 3.35. The zero-order valence-corrected chi connectivity index (χ0v) is 14.5. The van der Waals surface area contributed by atoms with Gasteiger partial charge < -0.3 is 27.2 Å². The molecule has 0 heterocycles. The summed E-state index contributed by atoms with van der Waals surface area (Å²) in [5, 5.41) is 13.9. The molecule has 2 amide bonds. The summed E-state index contributed by atoms with van der Waals surface area (Å²) >= 11 is 3.89. The molecule has 0 aromatic heterocycles. The van der Waals surface area contributed by atoms with Crippen LogP contribution in [-0.4, -0.2) is 53.3 Å². The quantitative estimate of drug-likeness (QED) is 0.210. The second-order valence-corrected chi connectivity index (χ2v) is 6.07. The van der Waals surface area contributed by atoms with Gasteiger partial charge in [0.2, 0.25) is 11.8 Å². The van der Waals surface area contributed by atoms with E-state index in [0.29, 0.717) is 13.0 Å². The Morgan fingerprint density at radius 2 is 1.74 bits per heavy atom. The summed E-state index contributed by atoms with van der Waals surface area (Å²) in [6.45, 7) is 4.04. The van der Waals surface area contributed by atoms with Gasteiger partial charge in [-0.1, -0.05) is 20.3 Å². The Labute approximate surface area is 142 Å². The maximum atomic E-state index is 12.2. The van der Waals surface area contributed by atoms with Crippen molar-refractivity contribution < 1.29 is 19.5 Å². The van der Waals surface area contributed by atoms with Crippen LogP contribution in [0.3, 0.4) is 0 Å². The molecule has 23 heavy (non-hydrogen) atoms. The SMILES string of the molecule is CC(C)[C@H](NC(=O)[C@@H](N)CCCCN)C(=O)N[C@@H](CS)C(=O)O. The van der Waals surface area contributed by atoms with Crippen molar-refractivity contribution in [2.75, 3.05) is 12.3 Å². The van der Waals surface area contributed by atoms with E-state index in [9.17, 15) is 14.4 Å². The predicted octanol–water partition coefficient (Wildman–Crippen LogP) is -0.917. The van der Waals surface area contributed by atoms with E-state index in [-0.39, 0.29) is 11.7 Å². The third kappa shape index (κ3) is 8.19. The molecule has 9 heteroatoms. The Balaban J connectivity index is 4.69. The average Bonchev–Trinajstić information content (AvgIpc) is 2.48. The Morgan fingerprint density at radius 3 is 2.17 bits per heavy atom. The lowest BCUT2D eigenvalue weighted by Crippen LogP contribution is -2.56. The van der Waals surface area contributed by atoms with E-state index in [1.165, 1.54) is 0 Å². The van der Waals surface area contributed by atoms with Gasteiger partial charge in [0, 0.05) is 5.75 Å². The van der Waals surface area contributed by atoms with Crippen molar-refractivity contribution in [2.45, 2.75) is 51.2 Å². The normalized spacial score (nSPS) is 14.9. The van der Waals surface area contributed by atoms with Gasteiger partial charge in [0.15, 0.2) is 0 Å².